The van der Waals surface area contributed by atoms with Gasteiger partial charge in [-0.25, -0.2) is 14.6 Å². The second kappa shape index (κ2) is 12.2. The first-order valence-corrected chi connectivity index (χ1v) is 13.1. The number of thioether (sulfide) groups is 1. The van der Waals surface area contributed by atoms with Crippen LogP contribution in [0.25, 0.3) is 11.0 Å². The van der Waals surface area contributed by atoms with Crippen LogP contribution in [0.2, 0.25) is 0 Å². The van der Waals surface area contributed by atoms with Crippen molar-refractivity contribution in [1.29, 1.82) is 0 Å². The van der Waals surface area contributed by atoms with E-state index < -0.39 is 5.92 Å². The standard InChI is InChI=1S/C25H33N7O4S/c1-16(2)37-25-29-22(26-10-12-35-3)20-14-28-32(23(20)30-25)11-9-27-24(34)17-13-21(33)31(15-17)18-5-7-19(36-4)8-6-18/h5-8,14,16-17H,9-13,15H2,1-4H3,(H,27,34)(H,26,29,30). The maximum Gasteiger partial charge on any atom is 0.227 e. The highest BCUT2D eigenvalue weighted by Gasteiger charge is 2.35. The summed E-state index contributed by atoms with van der Waals surface area (Å²) in [6, 6.07) is 7.26. The Kier molecular flexibility index (Phi) is 8.82. The molecule has 0 radical (unpaired) electrons. The minimum Gasteiger partial charge on any atom is -0.497 e. The maximum atomic E-state index is 12.8. The van der Waals surface area contributed by atoms with Crippen LogP contribution in [0.4, 0.5) is 11.5 Å². The monoisotopic (exact) mass is 527 g/mol. The number of rotatable bonds is 12. The third-order valence-electron chi connectivity index (χ3n) is 5.92. The number of fused-ring (bicyclic) bond motifs is 1. The van der Waals surface area contributed by atoms with Gasteiger partial charge in [0.15, 0.2) is 10.8 Å². The summed E-state index contributed by atoms with van der Waals surface area (Å²) in [4.78, 5) is 36.4. The van der Waals surface area contributed by atoms with E-state index in [-0.39, 0.29) is 18.2 Å². The van der Waals surface area contributed by atoms with Crippen molar-refractivity contribution in [1.82, 2.24) is 25.1 Å². The molecule has 1 fully saturated rings. The van der Waals surface area contributed by atoms with Crippen molar-refractivity contribution in [2.75, 3.05) is 50.7 Å². The van der Waals surface area contributed by atoms with Gasteiger partial charge in [-0.1, -0.05) is 25.6 Å². The van der Waals surface area contributed by atoms with E-state index in [0.29, 0.717) is 60.4 Å². The number of carbonyl (C=O) groups is 2. The highest BCUT2D eigenvalue weighted by atomic mass is 32.2. The molecule has 198 valence electrons. The lowest BCUT2D eigenvalue weighted by Crippen LogP contribution is -2.35. The Hall–Kier alpha value is -3.38. The molecule has 11 nitrogen and oxygen atoms in total. The van der Waals surface area contributed by atoms with E-state index in [9.17, 15) is 9.59 Å². The second-order valence-electron chi connectivity index (χ2n) is 8.94. The van der Waals surface area contributed by atoms with Crippen LogP contribution < -0.4 is 20.3 Å². The number of amides is 2. The smallest absolute Gasteiger partial charge is 0.227 e. The van der Waals surface area contributed by atoms with Crippen molar-refractivity contribution in [3.63, 3.8) is 0 Å². The molecular weight excluding hydrogens is 494 g/mol. The van der Waals surface area contributed by atoms with Gasteiger partial charge in [0, 0.05) is 44.1 Å². The number of nitrogens with zero attached hydrogens (tertiary/aromatic N) is 5. The van der Waals surface area contributed by atoms with Crippen LogP contribution in [0.3, 0.4) is 0 Å². The molecule has 1 aliphatic rings. The van der Waals surface area contributed by atoms with Gasteiger partial charge in [0.25, 0.3) is 0 Å². The number of hydrogen-bond donors (Lipinski definition) is 2. The lowest BCUT2D eigenvalue weighted by atomic mass is 10.1. The molecule has 0 aliphatic carbocycles. The largest absolute Gasteiger partial charge is 0.497 e. The molecule has 3 aromatic rings. The van der Waals surface area contributed by atoms with E-state index in [1.807, 2.05) is 12.1 Å². The SMILES string of the molecule is COCCNc1nc(SC(C)C)nc2c1cnn2CCNC(=O)C1CC(=O)N(c2ccc(OC)cc2)C1. The van der Waals surface area contributed by atoms with Crippen LogP contribution in [0.5, 0.6) is 5.75 Å². The number of anilines is 2. The zero-order valence-electron chi connectivity index (χ0n) is 21.6. The number of hydrogen-bond acceptors (Lipinski definition) is 9. The first-order chi connectivity index (χ1) is 17.9. The summed E-state index contributed by atoms with van der Waals surface area (Å²) in [5.74, 6) is 0.812. The van der Waals surface area contributed by atoms with Gasteiger partial charge < -0.3 is 25.0 Å². The molecule has 2 aromatic heterocycles. The molecule has 1 aliphatic heterocycles. The minimum atomic E-state index is -0.406. The molecule has 4 rings (SSSR count). The second-order valence-corrected chi connectivity index (χ2v) is 10.5. The normalized spacial score (nSPS) is 15.5. The average molecular weight is 528 g/mol. The topological polar surface area (TPSA) is 124 Å². The average Bonchev–Trinajstić information content (AvgIpc) is 3.47. The molecule has 0 bridgehead atoms. The summed E-state index contributed by atoms with van der Waals surface area (Å²) in [6.45, 7) is 6.51. The third kappa shape index (κ3) is 6.50. The van der Waals surface area contributed by atoms with Gasteiger partial charge in [0.2, 0.25) is 11.8 Å². The van der Waals surface area contributed by atoms with Crippen LogP contribution in [-0.4, -0.2) is 77.3 Å². The van der Waals surface area contributed by atoms with Crippen LogP contribution in [0.15, 0.2) is 35.6 Å². The Morgan fingerprint density at radius 3 is 2.68 bits per heavy atom. The number of aromatic nitrogens is 4. The lowest BCUT2D eigenvalue weighted by Gasteiger charge is -2.17. The number of methoxy groups -OCH3 is 2. The highest BCUT2D eigenvalue weighted by Crippen LogP contribution is 2.28. The Morgan fingerprint density at radius 1 is 1.19 bits per heavy atom. The van der Waals surface area contributed by atoms with Crippen LogP contribution in [0.1, 0.15) is 20.3 Å². The molecule has 2 N–H and O–H groups in total. The maximum absolute atomic E-state index is 12.8. The molecule has 12 heteroatoms. The minimum absolute atomic E-state index is 0.0660. The zero-order valence-corrected chi connectivity index (χ0v) is 22.4. The Balaban J connectivity index is 1.38. The molecular formula is C25H33N7O4S. The number of benzene rings is 1. The summed E-state index contributed by atoms with van der Waals surface area (Å²) in [5.41, 5.74) is 1.46. The third-order valence-corrected chi connectivity index (χ3v) is 6.78. The van der Waals surface area contributed by atoms with Crippen molar-refractivity contribution < 1.29 is 19.1 Å². The van der Waals surface area contributed by atoms with Crippen molar-refractivity contribution in [3.8, 4) is 5.75 Å². The fourth-order valence-corrected chi connectivity index (χ4v) is 4.80. The first-order valence-electron chi connectivity index (χ1n) is 12.2. The predicted octanol–water partition coefficient (Wildman–Crippen LogP) is 2.56. The quantitative estimate of drug-likeness (QED) is 0.208. The Bertz CT molecular complexity index is 1230. The predicted molar refractivity (Wildman–Crippen MR) is 143 cm³/mol. The number of carbonyl (C=O) groups excluding carboxylic acids is 2. The van der Waals surface area contributed by atoms with E-state index in [4.69, 9.17) is 14.5 Å². The van der Waals surface area contributed by atoms with Gasteiger partial charge in [0.05, 0.1) is 37.8 Å². The van der Waals surface area contributed by atoms with Gasteiger partial charge in [-0.15, -0.1) is 0 Å². The molecule has 3 heterocycles. The van der Waals surface area contributed by atoms with Crippen LogP contribution in [-0.2, 0) is 20.9 Å². The van der Waals surface area contributed by atoms with Gasteiger partial charge >= 0.3 is 0 Å². The van der Waals surface area contributed by atoms with Crippen molar-refractivity contribution in [3.05, 3.63) is 30.5 Å². The summed E-state index contributed by atoms with van der Waals surface area (Å²) in [7, 11) is 3.25. The van der Waals surface area contributed by atoms with E-state index in [2.05, 4.69) is 34.6 Å². The lowest BCUT2D eigenvalue weighted by molar-refractivity contribution is -0.126. The van der Waals surface area contributed by atoms with Gasteiger partial charge in [0.1, 0.15) is 11.6 Å². The van der Waals surface area contributed by atoms with Crippen LogP contribution >= 0.6 is 11.8 Å². The summed E-state index contributed by atoms with van der Waals surface area (Å²) in [5, 5.41) is 12.5. The van der Waals surface area contributed by atoms with E-state index in [0.717, 1.165) is 11.1 Å². The highest BCUT2D eigenvalue weighted by molar-refractivity contribution is 7.99. The zero-order chi connectivity index (χ0) is 26.4. The van der Waals surface area contributed by atoms with E-state index in [1.165, 1.54) is 0 Å². The Labute approximate surface area is 220 Å². The van der Waals surface area contributed by atoms with E-state index in [1.54, 1.807) is 53.9 Å². The van der Waals surface area contributed by atoms with Gasteiger partial charge in [-0.2, -0.15) is 5.10 Å². The van der Waals surface area contributed by atoms with Crippen molar-refractivity contribution in [2.24, 2.45) is 5.92 Å². The van der Waals surface area contributed by atoms with Gasteiger partial charge in [-0.3, -0.25) is 9.59 Å². The molecule has 1 aromatic carbocycles. The molecule has 37 heavy (non-hydrogen) atoms. The Morgan fingerprint density at radius 2 is 1.97 bits per heavy atom. The van der Waals surface area contributed by atoms with Crippen molar-refractivity contribution >= 4 is 46.1 Å². The summed E-state index contributed by atoms with van der Waals surface area (Å²) in [6.07, 6.45) is 1.92. The molecule has 2 amide bonds. The van der Waals surface area contributed by atoms with Crippen LogP contribution in [0, 0.1) is 5.92 Å². The van der Waals surface area contributed by atoms with Crippen molar-refractivity contribution in [2.45, 2.75) is 37.2 Å². The molecule has 0 saturated carbocycles. The first kappa shape index (κ1) is 26.7. The number of ether oxygens (including phenoxy) is 2. The molecule has 1 atom stereocenters. The molecule has 1 unspecified atom stereocenters. The summed E-state index contributed by atoms with van der Waals surface area (Å²) < 4.78 is 12.1. The fourth-order valence-electron chi connectivity index (χ4n) is 4.09. The van der Waals surface area contributed by atoms with Gasteiger partial charge in [-0.05, 0) is 24.3 Å². The van der Waals surface area contributed by atoms with E-state index >= 15 is 0 Å². The molecule has 0 spiro atoms. The molecule has 1 saturated heterocycles. The fraction of sp³-hybridized carbons (Fsp3) is 0.480. The number of nitrogens with one attached hydrogen (secondary N) is 2. The summed E-state index contributed by atoms with van der Waals surface area (Å²) >= 11 is 1.58.